The third-order valence-electron chi connectivity index (χ3n) is 1.92. The molecule has 2 heterocycles. The van der Waals surface area contributed by atoms with E-state index in [1.165, 1.54) is 0 Å². The van der Waals surface area contributed by atoms with Crippen LogP contribution in [0, 0.1) is 0 Å². The maximum atomic E-state index is 11.2. The first kappa shape index (κ1) is 8.63. The van der Waals surface area contributed by atoms with Crippen LogP contribution in [0.15, 0.2) is 23.6 Å². The van der Waals surface area contributed by atoms with Gasteiger partial charge in [0.25, 0.3) is 5.24 Å². The van der Waals surface area contributed by atoms with Crippen molar-refractivity contribution in [1.29, 1.82) is 0 Å². The summed E-state index contributed by atoms with van der Waals surface area (Å²) in [5.41, 5.74) is 1.10. The van der Waals surface area contributed by atoms with Crippen molar-refractivity contribution in [2.45, 2.75) is 11.7 Å². The van der Waals surface area contributed by atoms with E-state index in [1.807, 2.05) is 25.4 Å². The molecular formula is C8H7BNO2S. The maximum absolute atomic E-state index is 11.2. The predicted octanol–water partition coefficient (Wildman–Crippen LogP) is 0.843. The van der Waals surface area contributed by atoms with Crippen LogP contribution in [0.25, 0.3) is 0 Å². The van der Waals surface area contributed by atoms with E-state index in [4.69, 9.17) is 0 Å². The van der Waals surface area contributed by atoms with Gasteiger partial charge in [0.15, 0.2) is 7.28 Å². The van der Waals surface area contributed by atoms with Crippen molar-refractivity contribution in [3.8, 4) is 0 Å². The summed E-state index contributed by atoms with van der Waals surface area (Å²) >= 11 is 1.07. The molecule has 1 fully saturated rings. The van der Waals surface area contributed by atoms with Gasteiger partial charge in [-0.3, -0.25) is 14.9 Å². The summed E-state index contributed by atoms with van der Waals surface area (Å²) in [5.74, 6) is 1.76. The number of hydrogen-bond acceptors (Lipinski definition) is 3. The number of carbonyl (C=O) groups is 2. The van der Waals surface area contributed by atoms with E-state index in [-0.39, 0.29) is 16.4 Å². The molecule has 0 aliphatic carbocycles. The Morgan fingerprint density at radius 3 is 2.92 bits per heavy atom. The molecule has 65 valence electrons. The average Bonchev–Trinajstić information content (AvgIpc) is 2.63. The Morgan fingerprint density at radius 1 is 1.54 bits per heavy atom. The highest BCUT2D eigenvalue weighted by Crippen LogP contribution is 2.25. The van der Waals surface area contributed by atoms with E-state index in [1.54, 1.807) is 0 Å². The Kier molecular flexibility index (Phi) is 2.27. The van der Waals surface area contributed by atoms with Gasteiger partial charge >= 0.3 is 0 Å². The third kappa shape index (κ3) is 1.86. The Bertz CT molecular complexity index is 324. The summed E-state index contributed by atoms with van der Waals surface area (Å²) in [6.07, 6.45) is 4.51. The molecule has 1 unspecified atom stereocenters. The van der Waals surface area contributed by atoms with Crippen molar-refractivity contribution in [3.05, 3.63) is 23.6 Å². The number of carbonyl (C=O) groups excluding carboxylic acids is 2. The molecule has 2 rings (SSSR count). The zero-order valence-electron chi connectivity index (χ0n) is 6.82. The SMILES string of the molecule is O=C1NC(=O)C(CC2=CC=C[B]2)S1. The van der Waals surface area contributed by atoms with Crippen molar-refractivity contribution >= 4 is 30.2 Å². The Labute approximate surface area is 80.9 Å². The molecule has 0 aromatic carbocycles. The van der Waals surface area contributed by atoms with Gasteiger partial charge < -0.3 is 0 Å². The summed E-state index contributed by atoms with van der Waals surface area (Å²) < 4.78 is 0. The first-order valence-corrected chi connectivity index (χ1v) is 4.86. The minimum Gasteiger partial charge on any atom is -0.286 e. The highest BCUT2D eigenvalue weighted by atomic mass is 32.2. The van der Waals surface area contributed by atoms with E-state index in [9.17, 15) is 9.59 Å². The second-order valence-corrected chi connectivity index (χ2v) is 4.06. The minimum atomic E-state index is -0.241. The molecule has 0 saturated carbocycles. The van der Waals surface area contributed by atoms with E-state index in [2.05, 4.69) is 5.32 Å². The van der Waals surface area contributed by atoms with E-state index >= 15 is 0 Å². The molecular weight excluding hydrogens is 185 g/mol. The number of hydrogen-bond donors (Lipinski definition) is 1. The highest BCUT2D eigenvalue weighted by Gasteiger charge is 2.31. The van der Waals surface area contributed by atoms with Gasteiger partial charge in [-0.1, -0.05) is 23.9 Å². The lowest BCUT2D eigenvalue weighted by molar-refractivity contribution is -0.118. The smallest absolute Gasteiger partial charge is 0.286 e. The number of nitrogens with one attached hydrogen (secondary N) is 1. The molecule has 0 aromatic rings. The molecule has 5 heteroatoms. The van der Waals surface area contributed by atoms with Crippen LogP contribution in [0.2, 0.25) is 0 Å². The van der Waals surface area contributed by atoms with Gasteiger partial charge in [-0.25, -0.2) is 0 Å². The second-order valence-electron chi connectivity index (χ2n) is 2.88. The molecule has 2 aliphatic heterocycles. The Morgan fingerprint density at radius 2 is 2.38 bits per heavy atom. The molecule has 0 spiro atoms. The van der Waals surface area contributed by atoms with Gasteiger partial charge in [0.05, 0.1) is 5.25 Å². The zero-order valence-corrected chi connectivity index (χ0v) is 7.64. The van der Waals surface area contributed by atoms with Crippen LogP contribution in [-0.4, -0.2) is 23.7 Å². The van der Waals surface area contributed by atoms with Gasteiger partial charge in [-0.05, 0) is 6.42 Å². The van der Waals surface area contributed by atoms with Crippen LogP contribution < -0.4 is 5.32 Å². The normalized spacial score (nSPS) is 25.8. The van der Waals surface area contributed by atoms with Crippen molar-refractivity contribution < 1.29 is 9.59 Å². The number of rotatable bonds is 2. The van der Waals surface area contributed by atoms with Crippen LogP contribution in [0.5, 0.6) is 0 Å². The third-order valence-corrected chi connectivity index (χ3v) is 2.90. The summed E-state index contributed by atoms with van der Waals surface area (Å²) in [4.78, 5) is 22.0. The lowest BCUT2D eigenvalue weighted by Gasteiger charge is -2.04. The Balaban J connectivity index is 1.95. The molecule has 2 aliphatic rings. The second kappa shape index (κ2) is 3.42. The van der Waals surface area contributed by atoms with Gasteiger partial charge in [-0.15, -0.1) is 11.4 Å². The van der Waals surface area contributed by atoms with Gasteiger partial charge in [0.1, 0.15) is 0 Å². The number of allylic oxidation sites excluding steroid dienone is 3. The number of amides is 2. The highest BCUT2D eigenvalue weighted by molar-refractivity contribution is 8.15. The monoisotopic (exact) mass is 192 g/mol. The van der Waals surface area contributed by atoms with Gasteiger partial charge in [-0.2, -0.15) is 0 Å². The molecule has 1 N–H and O–H groups in total. The molecule has 3 nitrogen and oxygen atoms in total. The van der Waals surface area contributed by atoms with E-state index in [0.29, 0.717) is 6.42 Å². The lowest BCUT2D eigenvalue weighted by Crippen LogP contribution is -2.24. The van der Waals surface area contributed by atoms with Crippen molar-refractivity contribution in [2.75, 3.05) is 0 Å². The standard InChI is InChI=1S/C8H7BNO2S/c11-7-6(13-8(12)10-7)4-5-2-1-3-9-5/h1-3,6H,4H2,(H,10,11,12). The average molecular weight is 192 g/mol. The summed E-state index contributed by atoms with van der Waals surface area (Å²) in [6, 6.07) is 0. The first-order valence-electron chi connectivity index (χ1n) is 3.98. The zero-order chi connectivity index (χ0) is 9.26. The summed E-state index contributed by atoms with van der Waals surface area (Å²) in [6.45, 7) is 0. The van der Waals surface area contributed by atoms with Crippen molar-refractivity contribution in [2.24, 2.45) is 0 Å². The van der Waals surface area contributed by atoms with Gasteiger partial charge in [0.2, 0.25) is 5.91 Å². The molecule has 1 atom stereocenters. The summed E-state index contributed by atoms with van der Waals surface area (Å²) in [7, 11) is 1.95. The molecule has 0 bridgehead atoms. The molecule has 13 heavy (non-hydrogen) atoms. The minimum absolute atomic E-state index is 0.170. The fourth-order valence-electron chi connectivity index (χ4n) is 1.29. The molecule has 1 saturated heterocycles. The largest absolute Gasteiger partial charge is 0.286 e. The quantitative estimate of drug-likeness (QED) is 0.659. The van der Waals surface area contributed by atoms with Crippen molar-refractivity contribution in [1.82, 2.24) is 5.32 Å². The number of imide groups is 1. The van der Waals surface area contributed by atoms with Crippen LogP contribution in [-0.2, 0) is 4.79 Å². The topological polar surface area (TPSA) is 46.2 Å². The fraction of sp³-hybridized carbons (Fsp3) is 0.250. The van der Waals surface area contributed by atoms with Crippen molar-refractivity contribution in [3.63, 3.8) is 0 Å². The summed E-state index contributed by atoms with van der Waals surface area (Å²) in [5, 5.41) is 1.79. The molecule has 0 aromatic heterocycles. The fourth-order valence-corrected chi connectivity index (χ4v) is 2.15. The van der Waals surface area contributed by atoms with Gasteiger partial charge in [0, 0.05) is 0 Å². The van der Waals surface area contributed by atoms with Crippen LogP contribution in [0.1, 0.15) is 6.42 Å². The first-order chi connectivity index (χ1) is 6.25. The van der Waals surface area contributed by atoms with Crippen LogP contribution in [0.4, 0.5) is 4.79 Å². The van der Waals surface area contributed by atoms with E-state index in [0.717, 1.165) is 17.2 Å². The molecule has 2 amide bonds. The Hall–Kier alpha value is -0.965. The van der Waals surface area contributed by atoms with Crippen LogP contribution in [0.3, 0.4) is 0 Å². The lowest BCUT2D eigenvalue weighted by atomic mass is 9.71. The predicted molar refractivity (Wildman–Crippen MR) is 52.5 cm³/mol. The number of thioether (sulfide) groups is 1. The molecule has 1 radical (unpaired) electrons. The van der Waals surface area contributed by atoms with E-state index < -0.39 is 0 Å². The van der Waals surface area contributed by atoms with Crippen LogP contribution >= 0.6 is 11.8 Å². The maximum Gasteiger partial charge on any atom is 0.286 e.